The molecular formula is C14H25NO4. The Kier molecular flexibility index (Phi) is 13.0. The van der Waals surface area contributed by atoms with Gasteiger partial charge in [0.2, 0.25) is 0 Å². The summed E-state index contributed by atoms with van der Waals surface area (Å²) in [5.41, 5.74) is 0.865. The molecule has 0 aromatic rings. The summed E-state index contributed by atoms with van der Waals surface area (Å²) in [6.45, 7) is 9.63. The molecule has 0 bridgehead atoms. The van der Waals surface area contributed by atoms with E-state index in [1.54, 1.807) is 0 Å². The Morgan fingerprint density at radius 3 is 2.32 bits per heavy atom. The third-order valence-electron chi connectivity index (χ3n) is 1.82. The molecule has 0 fully saturated rings. The molecule has 0 saturated carbocycles. The van der Waals surface area contributed by atoms with E-state index in [9.17, 15) is 9.59 Å². The zero-order valence-electron chi connectivity index (χ0n) is 12.4. The SMILES string of the molecule is C/C=C(\C=C/C(C)C)COC(=O)NCC(=O)O.CC. The van der Waals surface area contributed by atoms with E-state index in [2.05, 4.69) is 5.32 Å². The second-order valence-corrected chi connectivity index (χ2v) is 3.79. The summed E-state index contributed by atoms with van der Waals surface area (Å²) in [4.78, 5) is 21.2. The van der Waals surface area contributed by atoms with Gasteiger partial charge in [-0.15, -0.1) is 0 Å². The van der Waals surface area contributed by atoms with E-state index in [-0.39, 0.29) is 6.61 Å². The highest BCUT2D eigenvalue weighted by molar-refractivity contribution is 5.76. The fourth-order valence-corrected chi connectivity index (χ4v) is 0.891. The minimum atomic E-state index is -1.10. The van der Waals surface area contributed by atoms with E-state index < -0.39 is 18.6 Å². The summed E-state index contributed by atoms with van der Waals surface area (Å²) < 4.78 is 4.84. The third-order valence-corrected chi connectivity index (χ3v) is 1.82. The van der Waals surface area contributed by atoms with Gasteiger partial charge in [0.25, 0.3) is 0 Å². The summed E-state index contributed by atoms with van der Waals surface area (Å²) in [6, 6.07) is 0. The van der Waals surface area contributed by atoms with Crippen molar-refractivity contribution in [1.29, 1.82) is 0 Å². The number of carboxylic acid groups (broad SMARTS) is 1. The fourth-order valence-electron chi connectivity index (χ4n) is 0.891. The number of aliphatic carboxylic acids is 1. The predicted octanol–water partition coefficient (Wildman–Crippen LogP) is 2.98. The molecule has 0 saturated heterocycles. The number of ether oxygens (including phenoxy) is 1. The number of carbonyl (C=O) groups is 2. The number of alkyl carbamates (subject to hydrolysis) is 1. The highest BCUT2D eigenvalue weighted by atomic mass is 16.5. The molecule has 19 heavy (non-hydrogen) atoms. The first kappa shape index (κ1) is 19.6. The molecule has 5 heteroatoms. The van der Waals surface area contributed by atoms with Crippen molar-refractivity contribution in [3.63, 3.8) is 0 Å². The monoisotopic (exact) mass is 271 g/mol. The zero-order chi connectivity index (χ0) is 15.3. The molecule has 0 rings (SSSR count). The molecule has 0 aromatic carbocycles. The number of carboxylic acids is 1. The van der Waals surface area contributed by atoms with Gasteiger partial charge in [-0.2, -0.15) is 0 Å². The van der Waals surface area contributed by atoms with Crippen LogP contribution in [0, 0.1) is 5.92 Å². The zero-order valence-corrected chi connectivity index (χ0v) is 12.4. The van der Waals surface area contributed by atoms with Crippen LogP contribution in [0.4, 0.5) is 4.79 Å². The Morgan fingerprint density at radius 2 is 1.89 bits per heavy atom. The van der Waals surface area contributed by atoms with Crippen molar-refractivity contribution in [3.8, 4) is 0 Å². The summed E-state index contributed by atoms with van der Waals surface area (Å²) >= 11 is 0. The van der Waals surface area contributed by atoms with Crippen molar-refractivity contribution in [2.24, 2.45) is 5.92 Å². The predicted molar refractivity (Wildman–Crippen MR) is 76.1 cm³/mol. The van der Waals surface area contributed by atoms with E-state index in [1.165, 1.54) is 0 Å². The van der Waals surface area contributed by atoms with Crippen LogP contribution in [-0.2, 0) is 9.53 Å². The van der Waals surface area contributed by atoms with Crippen molar-refractivity contribution < 1.29 is 19.4 Å². The standard InChI is InChI=1S/C12H19NO4.C2H6/c1-4-10(6-5-9(2)3)8-17-12(16)13-7-11(14)15;1-2/h4-6,9H,7-8H2,1-3H3,(H,13,16)(H,14,15);1-2H3/b6-5-,10-4+;. The maximum Gasteiger partial charge on any atom is 0.407 e. The van der Waals surface area contributed by atoms with Gasteiger partial charge in [0, 0.05) is 0 Å². The van der Waals surface area contributed by atoms with Gasteiger partial charge in [0.1, 0.15) is 13.2 Å². The van der Waals surface area contributed by atoms with Crippen LogP contribution >= 0.6 is 0 Å². The molecular weight excluding hydrogens is 246 g/mol. The van der Waals surface area contributed by atoms with Crippen LogP contribution in [0.5, 0.6) is 0 Å². The summed E-state index contributed by atoms with van der Waals surface area (Å²) in [5.74, 6) is -0.682. The third kappa shape index (κ3) is 14.2. The topological polar surface area (TPSA) is 75.6 Å². The highest BCUT2D eigenvalue weighted by Crippen LogP contribution is 2.02. The molecule has 0 aliphatic carbocycles. The van der Waals surface area contributed by atoms with Crippen LogP contribution in [-0.4, -0.2) is 30.3 Å². The Labute approximate surface area is 115 Å². The van der Waals surface area contributed by atoms with E-state index >= 15 is 0 Å². The number of allylic oxidation sites excluding steroid dienone is 2. The smallest absolute Gasteiger partial charge is 0.407 e. The van der Waals surface area contributed by atoms with Gasteiger partial charge in [-0.25, -0.2) is 4.79 Å². The molecule has 0 aliphatic heterocycles. The number of carbonyl (C=O) groups excluding carboxylic acids is 1. The van der Waals surface area contributed by atoms with Crippen LogP contribution < -0.4 is 5.32 Å². The van der Waals surface area contributed by atoms with Crippen molar-refractivity contribution in [2.75, 3.05) is 13.2 Å². The molecule has 0 aliphatic rings. The number of hydrogen-bond donors (Lipinski definition) is 2. The van der Waals surface area contributed by atoms with Crippen molar-refractivity contribution in [3.05, 3.63) is 23.8 Å². The Morgan fingerprint density at radius 1 is 1.32 bits per heavy atom. The van der Waals surface area contributed by atoms with Crippen LogP contribution in [0.1, 0.15) is 34.6 Å². The molecule has 2 N–H and O–H groups in total. The summed E-state index contributed by atoms with van der Waals surface area (Å²) in [6.07, 6.45) is 4.98. The average Bonchev–Trinajstić information content (AvgIpc) is 2.38. The first-order valence-corrected chi connectivity index (χ1v) is 6.41. The van der Waals surface area contributed by atoms with Gasteiger partial charge in [-0.05, 0) is 18.4 Å². The van der Waals surface area contributed by atoms with E-state index in [0.29, 0.717) is 5.92 Å². The lowest BCUT2D eigenvalue weighted by Crippen LogP contribution is -2.30. The number of rotatable bonds is 6. The maximum atomic E-state index is 11.1. The van der Waals surface area contributed by atoms with Gasteiger partial charge in [-0.3, -0.25) is 4.79 Å². The number of hydrogen-bond acceptors (Lipinski definition) is 3. The Balaban J connectivity index is 0. The normalized spacial score (nSPS) is 10.9. The van der Waals surface area contributed by atoms with Crippen molar-refractivity contribution in [1.82, 2.24) is 5.32 Å². The van der Waals surface area contributed by atoms with Crippen molar-refractivity contribution >= 4 is 12.1 Å². The largest absolute Gasteiger partial charge is 0.480 e. The molecule has 0 heterocycles. The van der Waals surface area contributed by atoms with E-state index in [4.69, 9.17) is 9.84 Å². The molecule has 0 radical (unpaired) electrons. The summed E-state index contributed by atoms with van der Waals surface area (Å²) in [7, 11) is 0. The lowest BCUT2D eigenvalue weighted by atomic mass is 10.1. The minimum absolute atomic E-state index is 0.130. The fraction of sp³-hybridized carbons (Fsp3) is 0.571. The van der Waals surface area contributed by atoms with Gasteiger partial charge >= 0.3 is 12.1 Å². The first-order chi connectivity index (χ1) is 8.95. The quantitative estimate of drug-likeness (QED) is 0.728. The number of amides is 1. The lowest BCUT2D eigenvalue weighted by molar-refractivity contribution is -0.135. The Bertz CT molecular complexity index is 319. The second kappa shape index (κ2) is 12.7. The minimum Gasteiger partial charge on any atom is -0.480 e. The van der Waals surface area contributed by atoms with E-state index in [0.717, 1.165) is 5.57 Å². The first-order valence-electron chi connectivity index (χ1n) is 6.41. The lowest BCUT2D eigenvalue weighted by Gasteiger charge is -2.06. The summed E-state index contributed by atoms with van der Waals surface area (Å²) in [5, 5.41) is 10.5. The van der Waals surface area contributed by atoms with Gasteiger partial charge in [0.05, 0.1) is 0 Å². The molecule has 5 nitrogen and oxygen atoms in total. The molecule has 0 aromatic heterocycles. The van der Waals surface area contributed by atoms with Gasteiger partial charge in [-0.1, -0.05) is 45.9 Å². The van der Waals surface area contributed by atoms with E-state index in [1.807, 2.05) is 52.8 Å². The van der Waals surface area contributed by atoms with Gasteiger partial charge < -0.3 is 15.2 Å². The number of nitrogens with one attached hydrogen (secondary N) is 1. The van der Waals surface area contributed by atoms with Crippen LogP contribution in [0.2, 0.25) is 0 Å². The molecule has 0 unspecified atom stereocenters. The molecule has 110 valence electrons. The van der Waals surface area contributed by atoms with Gasteiger partial charge in [0.15, 0.2) is 0 Å². The molecule has 0 spiro atoms. The Hall–Kier alpha value is -1.78. The van der Waals surface area contributed by atoms with Crippen molar-refractivity contribution in [2.45, 2.75) is 34.6 Å². The average molecular weight is 271 g/mol. The van der Waals surface area contributed by atoms with Crippen LogP contribution in [0.25, 0.3) is 0 Å². The second-order valence-electron chi connectivity index (χ2n) is 3.79. The molecule has 1 amide bonds. The van der Waals surface area contributed by atoms with Crippen LogP contribution in [0.15, 0.2) is 23.8 Å². The highest BCUT2D eigenvalue weighted by Gasteiger charge is 2.04. The maximum absolute atomic E-state index is 11.1. The molecule has 0 atom stereocenters. The van der Waals surface area contributed by atoms with Crippen LogP contribution in [0.3, 0.4) is 0 Å².